The van der Waals surface area contributed by atoms with Gasteiger partial charge in [0.05, 0.1) is 30.1 Å². The van der Waals surface area contributed by atoms with Gasteiger partial charge in [0.2, 0.25) is 0 Å². The number of rotatable bonds is 6. The van der Waals surface area contributed by atoms with Crippen LogP contribution in [-0.4, -0.2) is 47.2 Å². The van der Waals surface area contributed by atoms with Crippen LogP contribution in [0.5, 0.6) is 0 Å². The lowest BCUT2D eigenvalue weighted by atomic mass is 10.1. The van der Waals surface area contributed by atoms with Crippen LogP contribution >= 0.6 is 22.9 Å². The number of nitrogens with one attached hydrogen (secondary N) is 2. The molecule has 162 valence electrons. The Morgan fingerprint density at radius 1 is 1.32 bits per heavy atom. The Morgan fingerprint density at radius 3 is 2.90 bits per heavy atom. The maximum absolute atomic E-state index is 12.7. The zero-order valence-corrected chi connectivity index (χ0v) is 18.5. The van der Waals surface area contributed by atoms with E-state index < -0.39 is 0 Å². The number of morpholine rings is 1. The van der Waals surface area contributed by atoms with Gasteiger partial charge in [-0.2, -0.15) is 0 Å². The van der Waals surface area contributed by atoms with E-state index in [2.05, 4.69) is 30.5 Å². The van der Waals surface area contributed by atoms with Crippen molar-refractivity contribution in [2.75, 3.05) is 41.8 Å². The average molecular weight is 460 g/mol. The summed E-state index contributed by atoms with van der Waals surface area (Å²) in [5, 5.41) is 6.99. The van der Waals surface area contributed by atoms with Crippen LogP contribution in [0.1, 0.15) is 21.1 Å². The number of ether oxygens (including phenoxy) is 1. The van der Waals surface area contributed by atoms with E-state index in [9.17, 15) is 4.79 Å². The van der Waals surface area contributed by atoms with Crippen molar-refractivity contribution >= 4 is 51.3 Å². The molecule has 1 saturated heterocycles. The summed E-state index contributed by atoms with van der Waals surface area (Å²) in [7, 11) is 0. The second kappa shape index (κ2) is 9.56. The third kappa shape index (κ3) is 5.10. The number of amides is 1. The van der Waals surface area contributed by atoms with Gasteiger partial charge in [0.25, 0.3) is 5.91 Å². The van der Waals surface area contributed by atoms with Crippen LogP contribution in [0.15, 0.2) is 30.5 Å². The molecule has 1 aromatic carbocycles. The van der Waals surface area contributed by atoms with Crippen molar-refractivity contribution < 1.29 is 9.53 Å². The summed E-state index contributed by atoms with van der Waals surface area (Å²) in [6.45, 7) is 5.02. The lowest BCUT2D eigenvalue weighted by Crippen LogP contribution is -2.36. The molecule has 3 heterocycles. The molecule has 31 heavy (non-hydrogen) atoms. The van der Waals surface area contributed by atoms with Crippen LogP contribution in [0.4, 0.5) is 22.5 Å². The van der Waals surface area contributed by atoms with Crippen LogP contribution in [-0.2, 0) is 11.3 Å². The number of nitrogens with two attached hydrogens (primary N) is 1. The van der Waals surface area contributed by atoms with E-state index in [1.807, 2.05) is 19.1 Å². The normalized spacial score (nSPS) is 13.8. The second-order valence-electron chi connectivity index (χ2n) is 6.84. The highest BCUT2D eigenvalue weighted by Crippen LogP contribution is 2.28. The topological polar surface area (TPSA) is 118 Å². The molecule has 4 rings (SSSR count). The lowest BCUT2D eigenvalue weighted by Gasteiger charge is -2.28. The van der Waals surface area contributed by atoms with Gasteiger partial charge in [-0.05, 0) is 18.6 Å². The minimum absolute atomic E-state index is 0.268. The quantitative estimate of drug-likeness (QED) is 0.514. The molecule has 0 bridgehead atoms. The number of anilines is 4. The summed E-state index contributed by atoms with van der Waals surface area (Å²) in [6.07, 6.45) is 1.51. The van der Waals surface area contributed by atoms with E-state index in [-0.39, 0.29) is 12.5 Å². The molecule has 0 saturated carbocycles. The van der Waals surface area contributed by atoms with Crippen LogP contribution in [0.25, 0.3) is 0 Å². The van der Waals surface area contributed by atoms with Crippen LogP contribution in [0, 0.1) is 6.92 Å². The highest BCUT2D eigenvalue weighted by atomic mass is 35.5. The number of carbonyl (C=O) groups excluding carboxylic acids is 1. The van der Waals surface area contributed by atoms with Gasteiger partial charge in [-0.3, -0.25) is 4.79 Å². The lowest BCUT2D eigenvalue weighted by molar-refractivity contribution is 0.103. The SMILES string of the molecule is Cc1nc(Nc2ncc(C(=O)Nc3c(Cl)cccc3CN)s2)cc(N2CCOCC2)n1. The van der Waals surface area contributed by atoms with Gasteiger partial charge in [-0.1, -0.05) is 35.1 Å². The number of hydrogen-bond donors (Lipinski definition) is 3. The van der Waals surface area contributed by atoms with E-state index in [1.54, 1.807) is 12.1 Å². The number of para-hydroxylation sites is 1. The fraction of sp³-hybridized carbons (Fsp3) is 0.300. The molecular formula is C20H22ClN7O2S. The molecule has 0 radical (unpaired) electrons. The van der Waals surface area contributed by atoms with Crippen molar-refractivity contribution in [1.29, 1.82) is 0 Å². The summed E-state index contributed by atoms with van der Waals surface area (Å²) in [5.41, 5.74) is 7.03. The minimum Gasteiger partial charge on any atom is -0.378 e. The maximum atomic E-state index is 12.7. The summed E-state index contributed by atoms with van der Waals surface area (Å²) in [5.74, 6) is 1.79. The van der Waals surface area contributed by atoms with E-state index in [4.69, 9.17) is 22.1 Å². The highest BCUT2D eigenvalue weighted by Gasteiger charge is 2.17. The molecule has 11 heteroatoms. The molecule has 4 N–H and O–H groups in total. The predicted molar refractivity (Wildman–Crippen MR) is 122 cm³/mol. The monoisotopic (exact) mass is 459 g/mol. The first-order valence-electron chi connectivity index (χ1n) is 9.73. The summed E-state index contributed by atoms with van der Waals surface area (Å²) >= 11 is 7.44. The zero-order chi connectivity index (χ0) is 21.8. The molecule has 0 aliphatic carbocycles. The second-order valence-corrected chi connectivity index (χ2v) is 8.28. The van der Waals surface area contributed by atoms with Crippen molar-refractivity contribution in [2.45, 2.75) is 13.5 Å². The van der Waals surface area contributed by atoms with Crippen LogP contribution < -0.4 is 21.3 Å². The Balaban J connectivity index is 1.48. The molecule has 0 spiro atoms. The number of aryl methyl sites for hydroxylation is 1. The highest BCUT2D eigenvalue weighted by molar-refractivity contribution is 7.17. The number of carbonyl (C=O) groups is 1. The predicted octanol–water partition coefficient (Wildman–Crippen LogP) is 3.19. The van der Waals surface area contributed by atoms with Gasteiger partial charge >= 0.3 is 0 Å². The molecule has 1 amide bonds. The molecule has 2 aromatic heterocycles. The van der Waals surface area contributed by atoms with E-state index in [0.717, 1.165) is 24.5 Å². The number of thiazole rings is 1. The molecule has 9 nitrogen and oxygen atoms in total. The van der Waals surface area contributed by atoms with Crippen molar-refractivity contribution in [3.8, 4) is 0 Å². The van der Waals surface area contributed by atoms with E-state index in [0.29, 0.717) is 45.6 Å². The van der Waals surface area contributed by atoms with E-state index >= 15 is 0 Å². The molecular weight excluding hydrogens is 438 g/mol. The maximum Gasteiger partial charge on any atom is 0.267 e. The zero-order valence-electron chi connectivity index (χ0n) is 16.9. The fourth-order valence-corrected chi connectivity index (χ4v) is 4.13. The van der Waals surface area contributed by atoms with Crippen molar-refractivity contribution in [1.82, 2.24) is 15.0 Å². The third-order valence-electron chi connectivity index (χ3n) is 4.68. The van der Waals surface area contributed by atoms with E-state index in [1.165, 1.54) is 17.5 Å². The molecule has 3 aromatic rings. The molecule has 0 atom stereocenters. The third-order valence-corrected chi connectivity index (χ3v) is 5.91. The van der Waals surface area contributed by atoms with Crippen molar-refractivity contribution in [2.24, 2.45) is 5.73 Å². The Kier molecular flexibility index (Phi) is 6.62. The summed E-state index contributed by atoms with van der Waals surface area (Å²) in [4.78, 5) is 28.6. The Labute approximate surface area is 188 Å². The van der Waals surface area contributed by atoms with Gasteiger partial charge < -0.3 is 26.0 Å². The summed E-state index contributed by atoms with van der Waals surface area (Å²) < 4.78 is 5.40. The van der Waals surface area contributed by atoms with Gasteiger partial charge in [-0.15, -0.1) is 0 Å². The minimum atomic E-state index is -0.304. The van der Waals surface area contributed by atoms with Gasteiger partial charge in [0.1, 0.15) is 22.3 Å². The Bertz CT molecular complexity index is 1090. The number of benzene rings is 1. The first kappa shape index (κ1) is 21.4. The van der Waals surface area contributed by atoms with Gasteiger partial charge in [0, 0.05) is 25.7 Å². The molecule has 1 fully saturated rings. The Morgan fingerprint density at radius 2 is 2.13 bits per heavy atom. The van der Waals surface area contributed by atoms with Gasteiger partial charge in [-0.25, -0.2) is 15.0 Å². The Hall–Kier alpha value is -2.79. The van der Waals surface area contributed by atoms with Crippen LogP contribution in [0.2, 0.25) is 5.02 Å². The smallest absolute Gasteiger partial charge is 0.267 e. The molecule has 0 unspecified atom stereocenters. The number of nitrogens with zero attached hydrogens (tertiary/aromatic N) is 4. The fourth-order valence-electron chi connectivity index (χ4n) is 3.17. The molecule has 1 aliphatic rings. The largest absolute Gasteiger partial charge is 0.378 e. The number of hydrogen-bond acceptors (Lipinski definition) is 9. The average Bonchev–Trinajstić information content (AvgIpc) is 3.24. The summed E-state index contributed by atoms with van der Waals surface area (Å²) in [6, 6.07) is 7.20. The molecule has 1 aliphatic heterocycles. The van der Waals surface area contributed by atoms with Crippen molar-refractivity contribution in [3.05, 3.63) is 51.7 Å². The first-order valence-corrected chi connectivity index (χ1v) is 10.9. The standard InChI is InChI=1S/C20H22ClN7O2S/c1-12-24-16(9-17(25-12)28-5-7-30-8-6-28)26-20-23-11-15(31-20)19(29)27-18-13(10-22)3-2-4-14(18)21/h2-4,9,11H,5-8,10,22H2,1H3,(H,27,29)(H,23,24,25,26). The van der Waals surface area contributed by atoms with Gasteiger partial charge in [0.15, 0.2) is 5.13 Å². The number of halogens is 1. The van der Waals surface area contributed by atoms with Crippen molar-refractivity contribution in [3.63, 3.8) is 0 Å². The van der Waals surface area contributed by atoms with Crippen LogP contribution in [0.3, 0.4) is 0 Å². The first-order chi connectivity index (χ1) is 15.0. The number of aromatic nitrogens is 3.